The zero-order chi connectivity index (χ0) is 13.0. The minimum absolute atomic E-state index is 0.304. The zero-order valence-corrected chi connectivity index (χ0v) is 11.6. The van der Waals surface area contributed by atoms with Gasteiger partial charge in [-0.3, -0.25) is 4.79 Å². The van der Waals surface area contributed by atoms with Crippen LogP contribution in [0.2, 0.25) is 0 Å². The van der Waals surface area contributed by atoms with E-state index in [-0.39, 0.29) is 5.92 Å². The van der Waals surface area contributed by atoms with Crippen molar-refractivity contribution in [2.75, 3.05) is 11.5 Å². The van der Waals surface area contributed by atoms with Crippen LogP contribution in [-0.4, -0.2) is 22.6 Å². The minimum atomic E-state index is -0.713. The van der Waals surface area contributed by atoms with Gasteiger partial charge in [0.2, 0.25) is 0 Å². The fourth-order valence-electron chi connectivity index (χ4n) is 2.45. The van der Waals surface area contributed by atoms with Crippen LogP contribution in [0, 0.1) is 5.92 Å². The van der Waals surface area contributed by atoms with Crippen LogP contribution >= 0.6 is 11.8 Å². The van der Waals surface area contributed by atoms with E-state index in [4.69, 9.17) is 5.11 Å². The normalized spacial score (nSPS) is 18.5. The molecule has 1 fully saturated rings. The molecule has 0 radical (unpaired) electrons. The molecule has 3 heteroatoms. The van der Waals surface area contributed by atoms with Crippen LogP contribution in [-0.2, 0) is 11.2 Å². The first-order valence-corrected chi connectivity index (χ1v) is 7.71. The van der Waals surface area contributed by atoms with Gasteiger partial charge in [-0.2, -0.15) is 11.8 Å². The molecule has 0 amide bonds. The van der Waals surface area contributed by atoms with E-state index < -0.39 is 5.97 Å². The van der Waals surface area contributed by atoms with Crippen molar-refractivity contribution in [2.45, 2.75) is 32.1 Å². The van der Waals surface area contributed by atoms with Crippen LogP contribution < -0.4 is 0 Å². The first-order valence-electron chi connectivity index (χ1n) is 6.56. The van der Waals surface area contributed by atoms with Gasteiger partial charge in [-0.25, -0.2) is 0 Å². The lowest BCUT2D eigenvalue weighted by molar-refractivity contribution is -0.141. The van der Waals surface area contributed by atoms with E-state index in [1.165, 1.54) is 29.9 Å². The summed E-state index contributed by atoms with van der Waals surface area (Å²) in [6.45, 7) is 1.77. The summed E-state index contributed by atoms with van der Waals surface area (Å²) in [5.74, 6) is 2.16. The standard InChI is InChI=1S/C15H20O2S/c1-11(15(16)17)9-12-3-2-4-14(10-12)13-5-7-18-8-6-13/h2-4,10-11,13H,5-9H2,1H3,(H,16,17). The molecule has 1 saturated heterocycles. The number of rotatable bonds is 4. The van der Waals surface area contributed by atoms with Crippen LogP contribution in [0.25, 0.3) is 0 Å². The SMILES string of the molecule is CC(Cc1cccc(C2CCSCC2)c1)C(=O)O. The number of aliphatic carboxylic acids is 1. The van der Waals surface area contributed by atoms with Crippen LogP contribution in [0.15, 0.2) is 24.3 Å². The Balaban J connectivity index is 2.06. The Hall–Kier alpha value is -0.960. The second-order valence-corrected chi connectivity index (χ2v) is 6.30. The van der Waals surface area contributed by atoms with Gasteiger partial charge in [-0.15, -0.1) is 0 Å². The Morgan fingerprint density at radius 3 is 2.83 bits per heavy atom. The van der Waals surface area contributed by atoms with Gasteiger partial charge in [0.1, 0.15) is 0 Å². The number of benzene rings is 1. The predicted octanol–water partition coefficient (Wildman–Crippen LogP) is 3.56. The van der Waals surface area contributed by atoms with Crippen molar-refractivity contribution in [3.8, 4) is 0 Å². The highest BCUT2D eigenvalue weighted by atomic mass is 32.2. The van der Waals surface area contributed by atoms with E-state index in [0.29, 0.717) is 12.3 Å². The maximum atomic E-state index is 10.9. The van der Waals surface area contributed by atoms with Crippen LogP contribution in [0.1, 0.15) is 36.8 Å². The molecule has 18 heavy (non-hydrogen) atoms. The highest BCUT2D eigenvalue weighted by Crippen LogP contribution is 2.32. The number of hydrogen-bond donors (Lipinski definition) is 1. The summed E-state index contributed by atoms with van der Waals surface area (Å²) in [7, 11) is 0. The van der Waals surface area contributed by atoms with Gasteiger partial charge in [0, 0.05) is 0 Å². The Bertz CT molecular complexity index is 411. The van der Waals surface area contributed by atoms with Gasteiger partial charge in [0.15, 0.2) is 0 Å². The minimum Gasteiger partial charge on any atom is -0.481 e. The van der Waals surface area contributed by atoms with Crippen LogP contribution in [0.3, 0.4) is 0 Å². The average Bonchev–Trinajstić information content (AvgIpc) is 2.40. The number of carboxylic acids is 1. The van der Waals surface area contributed by atoms with E-state index >= 15 is 0 Å². The maximum Gasteiger partial charge on any atom is 0.306 e. The van der Waals surface area contributed by atoms with Gasteiger partial charge >= 0.3 is 5.97 Å². The lowest BCUT2D eigenvalue weighted by atomic mass is 9.90. The molecule has 1 aliphatic heterocycles. The molecule has 0 bridgehead atoms. The fourth-order valence-corrected chi connectivity index (χ4v) is 3.55. The molecule has 2 nitrogen and oxygen atoms in total. The summed E-state index contributed by atoms with van der Waals surface area (Å²) in [6.07, 6.45) is 3.13. The molecule has 1 unspecified atom stereocenters. The van der Waals surface area contributed by atoms with Crippen molar-refractivity contribution in [1.29, 1.82) is 0 Å². The van der Waals surface area contributed by atoms with Crippen LogP contribution in [0.4, 0.5) is 0 Å². The van der Waals surface area contributed by atoms with Crippen molar-refractivity contribution < 1.29 is 9.90 Å². The van der Waals surface area contributed by atoms with Gasteiger partial charge in [0.25, 0.3) is 0 Å². The fraction of sp³-hybridized carbons (Fsp3) is 0.533. The second-order valence-electron chi connectivity index (χ2n) is 5.08. The monoisotopic (exact) mass is 264 g/mol. The lowest BCUT2D eigenvalue weighted by Crippen LogP contribution is -2.13. The average molecular weight is 264 g/mol. The third-order valence-electron chi connectivity index (χ3n) is 3.61. The molecule has 98 valence electrons. The highest BCUT2D eigenvalue weighted by Gasteiger charge is 2.17. The van der Waals surface area contributed by atoms with Gasteiger partial charge in [-0.1, -0.05) is 31.2 Å². The van der Waals surface area contributed by atoms with E-state index in [0.717, 1.165) is 5.56 Å². The van der Waals surface area contributed by atoms with Crippen molar-refractivity contribution in [2.24, 2.45) is 5.92 Å². The largest absolute Gasteiger partial charge is 0.481 e. The van der Waals surface area contributed by atoms with E-state index in [1.54, 1.807) is 6.92 Å². The Morgan fingerprint density at radius 2 is 2.17 bits per heavy atom. The summed E-state index contributed by atoms with van der Waals surface area (Å²) >= 11 is 2.03. The number of thioether (sulfide) groups is 1. The molecule has 1 heterocycles. The Labute approximate surface area is 113 Å². The first kappa shape index (κ1) is 13.5. The van der Waals surface area contributed by atoms with Crippen molar-refractivity contribution in [1.82, 2.24) is 0 Å². The summed E-state index contributed by atoms with van der Waals surface area (Å²) in [5, 5.41) is 8.96. The maximum absolute atomic E-state index is 10.9. The smallest absolute Gasteiger partial charge is 0.306 e. The first-order chi connectivity index (χ1) is 8.66. The van der Waals surface area contributed by atoms with Crippen molar-refractivity contribution >= 4 is 17.7 Å². The lowest BCUT2D eigenvalue weighted by Gasteiger charge is -2.22. The van der Waals surface area contributed by atoms with E-state index in [2.05, 4.69) is 18.2 Å². The summed E-state index contributed by atoms with van der Waals surface area (Å²) < 4.78 is 0. The molecule has 0 spiro atoms. The number of carboxylic acid groups (broad SMARTS) is 1. The highest BCUT2D eigenvalue weighted by molar-refractivity contribution is 7.99. The van der Waals surface area contributed by atoms with E-state index in [1.807, 2.05) is 17.8 Å². The topological polar surface area (TPSA) is 37.3 Å². The second kappa shape index (κ2) is 6.28. The molecule has 0 aliphatic carbocycles. The quantitative estimate of drug-likeness (QED) is 0.903. The summed E-state index contributed by atoms with van der Waals surface area (Å²) in [5.41, 5.74) is 2.55. The molecule has 1 aliphatic rings. The number of carbonyl (C=O) groups is 1. The molecule has 1 N–H and O–H groups in total. The van der Waals surface area contributed by atoms with Gasteiger partial charge < -0.3 is 5.11 Å². The molecule has 2 rings (SSSR count). The summed E-state index contributed by atoms with van der Waals surface area (Å²) in [6, 6.07) is 8.51. The van der Waals surface area contributed by atoms with Crippen molar-refractivity contribution in [3.63, 3.8) is 0 Å². The zero-order valence-electron chi connectivity index (χ0n) is 10.8. The molecule has 1 atom stereocenters. The predicted molar refractivity (Wildman–Crippen MR) is 76.2 cm³/mol. The van der Waals surface area contributed by atoms with Gasteiger partial charge in [-0.05, 0) is 47.8 Å². The third-order valence-corrected chi connectivity index (χ3v) is 4.66. The Kier molecular flexibility index (Phi) is 4.70. The van der Waals surface area contributed by atoms with Crippen LogP contribution in [0.5, 0.6) is 0 Å². The van der Waals surface area contributed by atoms with E-state index in [9.17, 15) is 4.79 Å². The third kappa shape index (κ3) is 3.52. The molecule has 0 aromatic heterocycles. The Morgan fingerprint density at radius 1 is 1.44 bits per heavy atom. The molecule has 1 aromatic carbocycles. The summed E-state index contributed by atoms with van der Waals surface area (Å²) in [4.78, 5) is 10.9. The molecular weight excluding hydrogens is 244 g/mol. The molecule has 0 saturated carbocycles. The van der Waals surface area contributed by atoms with Gasteiger partial charge in [0.05, 0.1) is 5.92 Å². The van der Waals surface area contributed by atoms with Crippen molar-refractivity contribution in [3.05, 3.63) is 35.4 Å². The molecular formula is C15H20O2S. The number of hydrogen-bond acceptors (Lipinski definition) is 2. The molecule has 1 aromatic rings.